The van der Waals surface area contributed by atoms with Crippen LogP contribution in [0.1, 0.15) is 32.1 Å². The molecule has 1 aliphatic carbocycles. The fraction of sp³-hybridized carbons (Fsp3) is 0.375. The fourth-order valence-electron chi connectivity index (χ4n) is 2.96. The summed E-state index contributed by atoms with van der Waals surface area (Å²) in [6, 6.07) is 11.5. The number of halogens is 1. The van der Waals surface area contributed by atoms with Crippen LogP contribution in [0.3, 0.4) is 0 Å². The Kier molecular flexibility index (Phi) is 4.22. The molecule has 0 heterocycles. The molecule has 1 saturated carbocycles. The lowest BCUT2D eigenvalue weighted by molar-refractivity contribution is 0.486. The molecule has 3 rings (SSSR count). The van der Waals surface area contributed by atoms with E-state index in [9.17, 15) is 8.42 Å². The Labute approximate surface area is 133 Å². The highest BCUT2D eigenvalue weighted by Crippen LogP contribution is 2.32. The number of hydrogen-bond donors (Lipinski definition) is 1. The lowest BCUT2D eigenvalue weighted by Gasteiger charge is -2.23. The first-order valence-corrected chi connectivity index (χ1v) is 9.61. The van der Waals surface area contributed by atoms with Crippen LogP contribution < -0.4 is 4.72 Å². The highest BCUT2D eigenvalue weighted by atomic mass is 79.9. The van der Waals surface area contributed by atoms with Crippen LogP contribution in [0.4, 0.5) is 5.69 Å². The molecule has 112 valence electrons. The minimum absolute atomic E-state index is 0.256. The second-order valence-corrected chi connectivity index (χ2v) is 8.36. The van der Waals surface area contributed by atoms with Gasteiger partial charge in [0.15, 0.2) is 0 Å². The Morgan fingerprint density at radius 3 is 2.33 bits per heavy atom. The molecule has 0 aliphatic heterocycles. The average Bonchev–Trinajstić information content (AvgIpc) is 2.51. The van der Waals surface area contributed by atoms with Crippen molar-refractivity contribution in [3.05, 3.63) is 40.9 Å². The average molecular weight is 368 g/mol. The summed E-state index contributed by atoms with van der Waals surface area (Å²) in [6.45, 7) is 0. The summed E-state index contributed by atoms with van der Waals surface area (Å²) in [5, 5.41) is 1.68. The molecule has 0 aromatic heterocycles. The van der Waals surface area contributed by atoms with Crippen molar-refractivity contribution in [1.29, 1.82) is 0 Å². The van der Waals surface area contributed by atoms with Gasteiger partial charge in [0, 0.05) is 9.86 Å². The highest BCUT2D eigenvalue weighted by molar-refractivity contribution is 9.10. The Morgan fingerprint density at radius 1 is 0.952 bits per heavy atom. The maximum atomic E-state index is 12.6. The van der Waals surface area contributed by atoms with Gasteiger partial charge >= 0.3 is 0 Å². The molecule has 2 aromatic carbocycles. The summed E-state index contributed by atoms with van der Waals surface area (Å²) in [7, 11) is -3.31. The Balaban J connectivity index is 1.96. The summed E-state index contributed by atoms with van der Waals surface area (Å²) < 4.78 is 28.9. The van der Waals surface area contributed by atoms with Gasteiger partial charge in [-0.3, -0.25) is 4.72 Å². The van der Waals surface area contributed by atoms with Crippen molar-refractivity contribution in [2.45, 2.75) is 37.4 Å². The number of anilines is 1. The van der Waals surface area contributed by atoms with Gasteiger partial charge in [0.05, 0.1) is 10.9 Å². The number of benzene rings is 2. The van der Waals surface area contributed by atoms with Gasteiger partial charge in [0.2, 0.25) is 10.0 Å². The lowest BCUT2D eigenvalue weighted by atomic mass is 10.0. The van der Waals surface area contributed by atoms with E-state index in [1.807, 2.05) is 36.4 Å². The van der Waals surface area contributed by atoms with Crippen LogP contribution >= 0.6 is 15.9 Å². The SMILES string of the molecule is O=S(=O)(Nc1ccc(Br)c2ccccc12)C1CCCCC1. The maximum Gasteiger partial charge on any atom is 0.235 e. The molecule has 1 N–H and O–H groups in total. The number of rotatable bonds is 3. The van der Waals surface area contributed by atoms with Gasteiger partial charge in [-0.2, -0.15) is 0 Å². The van der Waals surface area contributed by atoms with Crippen molar-refractivity contribution >= 4 is 42.4 Å². The Bertz CT molecular complexity index is 752. The third-order valence-corrected chi connectivity index (χ3v) is 6.66. The molecule has 2 aromatic rings. The molecule has 1 aliphatic rings. The second-order valence-electron chi connectivity index (χ2n) is 5.55. The third-order valence-electron chi connectivity index (χ3n) is 4.11. The van der Waals surface area contributed by atoms with Crippen LogP contribution in [0.5, 0.6) is 0 Å². The smallest absolute Gasteiger partial charge is 0.235 e. The molecule has 3 nitrogen and oxygen atoms in total. The third kappa shape index (κ3) is 3.09. The standard InChI is InChI=1S/C16H18BrNO2S/c17-15-10-11-16(14-9-5-4-8-13(14)15)18-21(19,20)12-6-2-1-3-7-12/h4-5,8-12,18H,1-3,6-7H2. The molecule has 0 amide bonds. The zero-order valence-electron chi connectivity index (χ0n) is 11.7. The van der Waals surface area contributed by atoms with E-state index in [0.717, 1.165) is 47.3 Å². The van der Waals surface area contributed by atoms with Gasteiger partial charge in [-0.15, -0.1) is 0 Å². The van der Waals surface area contributed by atoms with Crippen molar-refractivity contribution < 1.29 is 8.42 Å². The quantitative estimate of drug-likeness (QED) is 0.855. The number of fused-ring (bicyclic) bond motifs is 1. The first-order valence-electron chi connectivity index (χ1n) is 7.27. The van der Waals surface area contributed by atoms with E-state index in [1.165, 1.54) is 0 Å². The summed E-state index contributed by atoms with van der Waals surface area (Å²) in [5.74, 6) is 0. The van der Waals surface area contributed by atoms with Crippen molar-refractivity contribution in [1.82, 2.24) is 0 Å². The number of nitrogens with one attached hydrogen (secondary N) is 1. The highest BCUT2D eigenvalue weighted by Gasteiger charge is 2.27. The van der Waals surface area contributed by atoms with Crippen molar-refractivity contribution in [2.24, 2.45) is 0 Å². The molecule has 0 spiro atoms. The first kappa shape index (κ1) is 14.9. The molecular formula is C16H18BrNO2S. The Hall–Kier alpha value is -1.07. The summed E-state index contributed by atoms with van der Waals surface area (Å²) in [6.07, 6.45) is 4.69. The van der Waals surface area contributed by atoms with Crippen LogP contribution in [0.15, 0.2) is 40.9 Å². The predicted octanol–water partition coefficient (Wildman–Crippen LogP) is 4.68. The van der Waals surface area contributed by atoms with Gasteiger partial charge in [-0.1, -0.05) is 59.5 Å². The number of hydrogen-bond acceptors (Lipinski definition) is 2. The van der Waals surface area contributed by atoms with Crippen LogP contribution in [0, 0.1) is 0 Å². The van der Waals surface area contributed by atoms with E-state index in [2.05, 4.69) is 20.7 Å². The molecule has 5 heteroatoms. The molecule has 0 radical (unpaired) electrons. The lowest BCUT2D eigenvalue weighted by Crippen LogP contribution is -2.29. The van der Waals surface area contributed by atoms with Gasteiger partial charge in [-0.25, -0.2) is 8.42 Å². The number of sulfonamides is 1. The molecule has 0 unspecified atom stereocenters. The van der Waals surface area contributed by atoms with E-state index >= 15 is 0 Å². The minimum atomic E-state index is -3.31. The zero-order chi connectivity index (χ0) is 14.9. The molecular weight excluding hydrogens is 350 g/mol. The Morgan fingerprint density at radius 2 is 1.62 bits per heavy atom. The van der Waals surface area contributed by atoms with Gasteiger partial charge in [0.25, 0.3) is 0 Å². The molecule has 0 atom stereocenters. The van der Waals surface area contributed by atoms with Gasteiger partial charge in [0.1, 0.15) is 0 Å². The normalized spacial score (nSPS) is 17.0. The van der Waals surface area contributed by atoms with E-state index in [0.29, 0.717) is 5.69 Å². The second kappa shape index (κ2) is 5.97. The molecule has 1 fully saturated rings. The predicted molar refractivity (Wildman–Crippen MR) is 91.1 cm³/mol. The largest absolute Gasteiger partial charge is 0.283 e. The van der Waals surface area contributed by atoms with Gasteiger partial charge < -0.3 is 0 Å². The maximum absolute atomic E-state index is 12.6. The van der Waals surface area contributed by atoms with E-state index in [1.54, 1.807) is 0 Å². The van der Waals surface area contributed by atoms with E-state index < -0.39 is 10.0 Å². The summed E-state index contributed by atoms with van der Waals surface area (Å²) in [4.78, 5) is 0. The van der Waals surface area contributed by atoms with E-state index in [4.69, 9.17) is 0 Å². The molecule has 0 saturated heterocycles. The summed E-state index contributed by atoms with van der Waals surface area (Å²) in [5.41, 5.74) is 0.666. The van der Waals surface area contributed by atoms with Crippen molar-refractivity contribution in [3.8, 4) is 0 Å². The zero-order valence-corrected chi connectivity index (χ0v) is 14.1. The van der Waals surface area contributed by atoms with Crippen LogP contribution in [-0.2, 0) is 10.0 Å². The summed E-state index contributed by atoms with van der Waals surface area (Å²) >= 11 is 3.51. The van der Waals surface area contributed by atoms with Gasteiger partial charge in [-0.05, 0) is 30.4 Å². The topological polar surface area (TPSA) is 46.2 Å². The van der Waals surface area contributed by atoms with Crippen molar-refractivity contribution in [2.75, 3.05) is 4.72 Å². The minimum Gasteiger partial charge on any atom is -0.283 e. The van der Waals surface area contributed by atoms with Crippen LogP contribution in [0.2, 0.25) is 0 Å². The van der Waals surface area contributed by atoms with Crippen LogP contribution in [-0.4, -0.2) is 13.7 Å². The van der Waals surface area contributed by atoms with Crippen LogP contribution in [0.25, 0.3) is 10.8 Å². The van der Waals surface area contributed by atoms with Crippen molar-refractivity contribution in [3.63, 3.8) is 0 Å². The first-order chi connectivity index (χ1) is 10.1. The fourth-order valence-corrected chi connectivity index (χ4v) is 5.05. The molecule has 21 heavy (non-hydrogen) atoms. The van der Waals surface area contributed by atoms with E-state index in [-0.39, 0.29) is 5.25 Å². The molecule has 0 bridgehead atoms. The monoisotopic (exact) mass is 367 g/mol.